The maximum atomic E-state index is 12.3. The van der Waals surface area contributed by atoms with Gasteiger partial charge in [0, 0.05) is 17.2 Å². The largest absolute Gasteiger partial charge is 0.457 e. The molecular formula is C27H30N2O3. The number of hydrogen-bond acceptors (Lipinski definition) is 4. The van der Waals surface area contributed by atoms with Crippen molar-refractivity contribution in [2.75, 3.05) is 11.4 Å². The Bertz CT molecular complexity index is 992. The molecule has 32 heavy (non-hydrogen) atoms. The summed E-state index contributed by atoms with van der Waals surface area (Å²) in [6, 6.07) is 26.8. The zero-order chi connectivity index (χ0) is 22.3. The van der Waals surface area contributed by atoms with E-state index >= 15 is 0 Å². The van der Waals surface area contributed by atoms with Crippen LogP contribution in [0.5, 0.6) is 11.5 Å². The molecule has 166 valence electrons. The number of anilines is 1. The second-order valence-electron chi connectivity index (χ2n) is 8.39. The number of benzene rings is 3. The van der Waals surface area contributed by atoms with Gasteiger partial charge in [-0.3, -0.25) is 10.1 Å². The van der Waals surface area contributed by atoms with Crippen LogP contribution in [0.1, 0.15) is 44.1 Å². The summed E-state index contributed by atoms with van der Waals surface area (Å²) < 4.78 is 5.92. The van der Waals surface area contributed by atoms with Gasteiger partial charge in [-0.25, -0.2) is 0 Å². The smallest absolute Gasteiger partial charge is 0.239 e. The first-order valence-corrected chi connectivity index (χ1v) is 11.5. The number of piperidine rings is 1. The molecule has 0 radical (unpaired) electrons. The van der Waals surface area contributed by atoms with E-state index in [-0.39, 0.29) is 16.9 Å². The highest BCUT2D eigenvalue weighted by Gasteiger charge is 2.46. The predicted octanol–water partition coefficient (Wildman–Crippen LogP) is 6.68. The quantitative estimate of drug-likeness (QED) is 0.295. The SMILES string of the molecule is CCCC[C@@H]1[C@H]([N+](=O)[O-])[C@H](c2ccccc2)CCN1c1ccc(Oc2ccccc2)cc1. The topological polar surface area (TPSA) is 55.6 Å². The van der Waals surface area contributed by atoms with E-state index in [1.807, 2.05) is 84.9 Å². The van der Waals surface area contributed by atoms with Crippen molar-refractivity contribution in [2.24, 2.45) is 0 Å². The number of unbranched alkanes of at least 4 members (excludes halogenated alkanes) is 1. The highest BCUT2D eigenvalue weighted by Crippen LogP contribution is 2.38. The minimum atomic E-state index is -0.627. The van der Waals surface area contributed by atoms with Gasteiger partial charge in [0.1, 0.15) is 11.5 Å². The number of rotatable bonds is 8. The summed E-state index contributed by atoms with van der Waals surface area (Å²) in [6.07, 6.45) is 3.57. The van der Waals surface area contributed by atoms with Gasteiger partial charge in [0.15, 0.2) is 0 Å². The average Bonchev–Trinajstić information content (AvgIpc) is 2.84. The molecule has 5 heteroatoms. The summed E-state index contributed by atoms with van der Waals surface area (Å²) >= 11 is 0. The summed E-state index contributed by atoms with van der Waals surface area (Å²) in [7, 11) is 0. The van der Waals surface area contributed by atoms with Crippen LogP contribution < -0.4 is 9.64 Å². The molecule has 0 N–H and O–H groups in total. The van der Waals surface area contributed by atoms with Gasteiger partial charge in [-0.15, -0.1) is 0 Å². The number of nitrogens with zero attached hydrogens (tertiary/aromatic N) is 2. The van der Waals surface area contributed by atoms with Crippen LogP contribution in [0.2, 0.25) is 0 Å². The van der Waals surface area contributed by atoms with E-state index in [9.17, 15) is 10.1 Å². The Kier molecular flexibility index (Phi) is 7.05. The number of para-hydroxylation sites is 1. The summed E-state index contributed by atoms with van der Waals surface area (Å²) in [6.45, 7) is 2.94. The first-order chi connectivity index (χ1) is 15.7. The van der Waals surface area contributed by atoms with Crippen LogP contribution in [0.3, 0.4) is 0 Å². The fourth-order valence-corrected chi connectivity index (χ4v) is 4.81. The molecule has 1 saturated heterocycles. The molecule has 5 nitrogen and oxygen atoms in total. The molecule has 3 aromatic rings. The Morgan fingerprint density at radius 3 is 2.19 bits per heavy atom. The van der Waals surface area contributed by atoms with E-state index in [0.29, 0.717) is 0 Å². The van der Waals surface area contributed by atoms with Crippen LogP contribution in [0.4, 0.5) is 5.69 Å². The van der Waals surface area contributed by atoms with Crippen LogP contribution in [0, 0.1) is 10.1 Å². The molecule has 1 fully saturated rings. The summed E-state index contributed by atoms with van der Waals surface area (Å²) in [5.41, 5.74) is 2.09. The van der Waals surface area contributed by atoms with Crippen molar-refractivity contribution in [3.05, 3.63) is 101 Å². The van der Waals surface area contributed by atoms with Crippen LogP contribution in [-0.4, -0.2) is 23.6 Å². The third kappa shape index (κ3) is 4.93. The van der Waals surface area contributed by atoms with Gasteiger partial charge in [-0.1, -0.05) is 68.3 Å². The zero-order valence-electron chi connectivity index (χ0n) is 18.5. The molecule has 4 rings (SSSR count). The zero-order valence-corrected chi connectivity index (χ0v) is 18.5. The lowest BCUT2D eigenvalue weighted by Gasteiger charge is -2.42. The molecule has 0 aliphatic carbocycles. The first kappa shape index (κ1) is 21.9. The van der Waals surface area contributed by atoms with E-state index in [1.165, 1.54) is 0 Å². The minimum absolute atomic E-state index is 0.0446. The van der Waals surface area contributed by atoms with Crippen molar-refractivity contribution in [3.63, 3.8) is 0 Å². The van der Waals surface area contributed by atoms with Gasteiger partial charge in [-0.2, -0.15) is 0 Å². The van der Waals surface area contributed by atoms with Gasteiger partial charge in [0.2, 0.25) is 6.04 Å². The van der Waals surface area contributed by atoms with Crippen LogP contribution in [0.15, 0.2) is 84.9 Å². The lowest BCUT2D eigenvalue weighted by molar-refractivity contribution is -0.532. The second kappa shape index (κ2) is 10.3. The van der Waals surface area contributed by atoms with Gasteiger partial charge >= 0.3 is 0 Å². The van der Waals surface area contributed by atoms with Crippen molar-refractivity contribution in [1.82, 2.24) is 0 Å². The molecule has 3 atom stereocenters. The van der Waals surface area contributed by atoms with Crippen molar-refractivity contribution >= 4 is 5.69 Å². The molecule has 1 heterocycles. The van der Waals surface area contributed by atoms with Crippen LogP contribution >= 0.6 is 0 Å². The lowest BCUT2D eigenvalue weighted by Crippen LogP contribution is -2.55. The Balaban J connectivity index is 1.59. The van der Waals surface area contributed by atoms with Gasteiger partial charge in [0.05, 0.1) is 12.0 Å². The van der Waals surface area contributed by atoms with E-state index < -0.39 is 6.04 Å². The lowest BCUT2D eigenvalue weighted by atomic mass is 9.79. The molecule has 0 bridgehead atoms. The highest BCUT2D eigenvalue weighted by molar-refractivity contribution is 5.52. The molecular weight excluding hydrogens is 400 g/mol. The highest BCUT2D eigenvalue weighted by atomic mass is 16.6. The molecule has 0 spiro atoms. The van der Waals surface area contributed by atoms with Crippen molar-refractivity contribution < 1.29 is 9.66 Å². The van der Waals surface area contributed by atoms with Gasteiger partial charge < -0.3 is 9.64 Å². The minimum Gasteiger partial charge on any atom is -0.457 e. The monoisotopic (exact) mass is 430 g/mol. The van der Waals surface area contributed by atoms with Crippen molar-refractivity contribution in [3.8, 4) is 11.5 Å². The van der Waals surface area contributed by atoms with Gasteiger partial charge in [-0.05, 0) is 54.8 Å². The van der Waals surface area contributed by atoms with E-state index in [1.54, 1.807) is 0 Å². The Morgan fingerprint density at radius 2 is 1.56 bits per heavy atom. The standard InChI is InChI=1S/C27H30N2O3/c1-2-3-14-26-27(29(30)31)25(21-10-6-4-7-11-21)19-20-28(26)22-15-17-24(18-16-22)32-23-12-8-5-9-13-23/h4-13,15-18,25-27H,2-3,14,19-20H2,1H3/t25-,26+,27+/m0/s1. The number of nitro groups is 1. The summed E-state index contributed by atoms with van der Waals surface area (Å²) in [5, 5.41) is 12.3. The molecule has 0 saturated carbocycles. The molecule has 0 aromatic heterocycles. The first-order valence-electron chi connectivity index (χ1n) is 11.5. The number of hydrogen-bond donors (Lipinski definition) is 0. The van der Waals surface area contributed by atoms with E-state index in [0.717, 1.165) is 55.0 Å². The van der Waals surface area contributed by atoms with E-state index in [4.69, 9.17) is 4.74 Å². The average molecular weight is 431 g/mol. The fraction of sp³-hybridized carbons (Fsp3) is 0.333. The Labute approximate surface area is 189 Å². The molecule has 0 unspecified atom stereocenters. The molecule has 3 aromatic carbocycles. The Hall–Kier alpha value is -3.34. The third-order valence-corrected chi connectivity index (χ3v) is 6.36. The third-order valence-electron chi connectivity index (χ3n) is 6.36. The maximum absolute atomic E-state index is 12.3. The Morgan fingerprint density at radius 1 is 0.938 bits per heavy atom. The normalized spacial score (nSPS) is 20.7. The maximum Gasteiger partial charge on any atom is 0.239 e. The van der Waals surface area contributed by atoms with Crippen LogP contribution in [-0.2, 0) is 0 Å². The molecule has 1 aliphatic rings. The van der Waals surface area contributed by atoms with Crippen molar-refractivity contribution in [2.45, 2.75) is 50.6 Å². The predicted molar refractivity (Wildman–Crippen MR) is 128 cm³/mol. The summed E-state index contributed by atoms with van der Waals surface area (Å²) in [4.78, 5) is 14.5. The molecule has 1 aliphatic heterocycles. The number of ether oxygens (including phenoxy) is 1. The second-order valence-corrected chi connectivity index (χ2v) is 8.39. The van der Waals surface area contributed by atoms with Gasteiger partial charge in [0.25, 0.3) is 0 Å². The molecule has 0 amide bonds. The summed E-state index contributed by atoms with van der Waals surface area (Å²) in [5.74, 6) is 1.48. The fourth-order valence-electron chi connectivity index (χ4n) is 4.81. The van der Waals surface area contributed by atoms with E-state index in [2.05, 4.69) is 11.8 Å². The van der Waals surface area contributed by atoms with Crippen LogP contribution in [0.25, 0.3) is 0 Å². The van der Waals surface area contributed by atoms with Crippen molar-refractivity contribution in [1.29, 1.82) is 0 Å².